The van der Waals surface area contributed by atoms with Crippen molar-refractivity contribution in [3.8, 4) is 0 Å². The van der Waals surface area contributed by atoms with Gasteiger partial charge in [-0.3, -0.25) is 0 Å². The zero-order valence-electron chi connectivity index (χ0n) is 9.87. The zero-order valence-corrected chi connectivity index (χ0v) is 9.87. The van der Waals surface area contributed by atoms with E-state index in [-0.39, 0.29) is 0 Å². The van der Waals surface area contributed by atoms with Crippen LogP contribution >= 0.6 is 0 Å². The van der Waals surface area contributed by atoms with E-state index in [9.17, 15) is 0 Å². The molecule has 3 nitrogen and oxygen atoms in total. The molecule has 1 saturated heterocycles. The Bertz CT molecular complexity index is 406. The summed E-state index contributed by atoms with van der Waals surface area (Å²) in [5.74, 6) is 0.670. The first kappa shape index (κ1) is 10.1. The highest BCUT2D eigenvalue weighted by Gasteiger charge is 2.39. The molecule has 0 aromatic carbocycles. The molecule has 2 aliphatic rings. The van der Waals surface area contributed by atoms with E-state index >= 15 is 0 Å². The number of anilines is 1. The molecule has 0 atom stereocenters. The van der Waals surface area contributed by atoms with Gasteiger partial charge >= 0.3 is 0 Å². The maximum Gasteiger partial charge on any atom is 0.123 e. The maximum absolute atomic E-state index is 5.75. The first-order valence-electron chi connectivity index (χ1n) is 6.10. The SMILES string of the molecule is CN1CCC2(CC1)Cc1ccc(N)nc1C2. The molecule has 0 bridgehead atoms. The van der Waals surface area contributed by atoms with Crippen LogP contribution in [0.2, 0.25) is 0 Å². The Kier molecular flexibility index (Phi) is 2.18. The number of aromatic nitrogens is 1. The van der Waals surface area contributed by atoms with Gasteiger partial charge < -0.3 is 10.6 Å². The third kappa shape index (κ3) is 1.59. The molecule has 86 valence electrons. The van der Waals surface area contributed by atoms with Gasteiger partial charge in [-0.2, -0.15) is 0 Å². The van der Waals surface area contributed by atoms with E-state index in [1.54, 1.807) is 0 Å². The number of likely N-dealkylation sites (tertiary alicyclic amines) is 1. The predicted molar refractivity (Wildman–Crippen MR) is 65.2 cm³/mol. The summed E-state index contributed by atoms with van der Waals surface area (Å²) >= 11 is 0. The van der Waals surface area contributed by atoms with Crippen molar-refractivity contribution in [2.45, 2.75) is 25.7 Å². The summed E-state index contributed by atoms with van der Waals surface area (Å²) in [4.78, 5) is 6.91. The second-order valence-electron chi connectivity index (χ2n) is 5.50. The fraction of sp³-hybridized carbons (Fsp3) is 0.615. The Balaban J connectivity index is 1.84. The van der Waals surface area contributed by atoms with E-state index in [1.165, 1.54) is 43.6 Å². The van der Waals surface area contributed by atoms with Crippen LogP contribution in [0.5, 0.6) is 0 Å². The van der Waals surface area contributed by atoms with Crippen LogP contribution < -0.4 is 5.73 Å². The molecule has 16 heavy (non-hydrogen) atoms. The lowest BCUT2D eigenvalue weighted by atomic mass is 9.76. The summed E-state index contributed by atoms with van der Waals surface area (Å²) in [6.45, 7) is 2.45. The Morgan fingerprint density at radius 3 is 2.75 bits per heavy atom. The van der Waals surface area contributed by atoms with Gasteiger partial charge in [0.05, 0.1) is 0 Å². The minimum absolute atomic E-state index is 0.496. The second-order valence-corrected chi connectivity index (χ2v) is 5.50. The number of nitrogens with zero attached hydrogens (tertiary/aromatic N) is 2. The molecule has 0 unspecified atom stereocenters. The van der Waals surface area contributed by atoms with Crippen LogP contribution in [0.15, 0.2) is 12.1 Å². The molecular formula is C13H19N3. The van der Waals surface area contributed by atoms with E-state index in [4.69, 9.17) is 5.73 Å². The summed E-state index contributed by atoms with van der Waals surface area (Å²) in [5, 5.41) is 0. The Morgan fingerprint density at radius 1 is 1.25 bits per heavy atom. The molecule has 1 aromatic rings. The fourth-order valence-electron chi connectivity index (χ4n) is 3.13. The highest BCUT2D eigenvalue weighted by Crippen LogP contribution is 2.43. The zero-order chi connectivity index (χ0) is 11.2. The average molecular weight is 217 g/mol. The molecule has 2 N–H and O–H groups in total. The third-order valence-corrected chi connectivity index (χ3v) is 4.25. The molecule has 1 aromatic heterocycles. The minimum Gasteiger partial charge on any atom is -0.384 e. The molecule has 1 spiro atoms. The van der Waals surface area contributed by atoms with Gasteiger partial charge in [0.15, 0.2) is 0 Å². The van der Waals surface area contributed by atoms with E-state index in [0.717, 1.165) is 6.42 Å². The van der Waals surface area contributed by atoms with Gasteiger partial charge in [-0.25, -0.2) is 4.98 Å². The van der Waals surface area contributed by atoms with Crippen molar-refractivity contribution in [1.29, 1.82) is 0 Å². The molecule has 1 aliphatic carbocycles. The number of pyridine rings is 1. The monoisotopic (exact) mass is 217 g/mol. The third-order valence-electron chi connectivity index (χ3n) is 4.25. The molecule has 1 aliphatic heterocycles. The van der Waals surface area contributed by atoms with Gasteiger partial charge in [-0.15, -0.1) is 0 Å². The first-order valence-corrected chi connectivity index (χ1v) is 6.10. The summed E-state index contributed by atoms with van der Waals surface area (Å²) in [6.07, 6.45) is 4.96. The van der Waals surface area contributed by atoms with E-state index in [1.807, 2.05) is 6.07 Å². The number of nitrogens with two attached hydrogens (primary N) is 1. The van der Waals surface area contributed by atoms with Crippen molar-refractivity contribution in [3.63, 3.8) is 0 Å². The number of nitrogen functional groups attached to an aromatic ring is 1. The van der Waals surface area contributed by atoms with Gasteiger partial charge in [-0.1, -0.05) is 6.07 Å². The van der Waals surface area contributed by atoms with Crippen molar-refractivity contribution in [1.82, 2.24) is 9.88 Å². The van der Waals surface area contributed by atoms with E-state index in [0.29, 0.717) is 11.2 Å². The van der Waals surface area contributed by atoms with Crippen LogP contribution in [0.4, 0.5) is 5.82 Å². The molecule has 0 radical (unpaired) electrons. The average Bonchev–Trinajstić information content (AvgIpc) is 2.60. The number of fused-ring (bicyclic) bond motifs is 1. The lowest BCUT2D eigenvalue weighted by molar-refractivity contribution is 0.131. The van der Waals surface area contributed by atoms with Gasteiger partial charge in [0.25, 0.3) is 0 Å². The fourth-order valence-corrected chi connectivity index (χ4v) is 3.13. The van der Waals surface area contributed by atoms with Crippen LogP contribution in [-0.2, 0) is 12.8 Å². The largest absolute Gasteiger partial charge is 0.384 e. The summed E-state index contributed by atoms with van der Waals surface area (Å²) in [5.41, 5.74) is 8.93. The van der Waals surface area contributed by atoms with Gasteiger partial charge in [0.1, 0.15) is 5.82 Å². The lowest BCUT2D eigenvalue weighted by Gasteiger charge is -2.37. The van der Waals surface area contributed by atoms with Crippen LogP contribution in [0.25, 0.3) is 0 Å². The number of rotatable bonds is 0. The molecule has 1 fully saturated rings. The van der Waals surface area contributed by atoms with Crippen molar-refractivity contribution in [3.05, 3.63) is 23.4 Å². The van der Waals surface area contributed by atoms with Gasteiger partial charge in [0.2, 0.25) is 0 Å². The quantitative estimate of drug-likeness (QED) is 0.715. The molecule has 3 heteroatoms. The molecule has 0 saturated carbocycles. The highest BCUT2D eigenvalue weighted by molar-refractivity contribution is 5.38. The van der Waals surface area contributed by atoms with Crippen LogP contribution in [0.1, 0.15) is 24.1 Å². The Hall–Kier alpha value is -1.09. The smallest absolute Gasteiger partial charge is 0.123 e. The Labute approximate surface area is 96.7 Å². The van der Waals surface area contributed by atoms with Crippen molar-refractivity contribution in [2.75, 3.05) is 25.9 Å². The van der Waals surface area contributed by atoms with Crippen LogP contribution in [0.3, 0.4) is 0 Å². The lowest BCUT2D eigenvalue weighted by Crippen LogP contribution is -2.38. The number of piperidine rings is 1. The second kappa shape index (κ2) is 3.45. The summed E-state index contributed by atoms with van der Waals surface area (Å²) in [7, 11) is 2.21. The highest BCUT2D eigenvalue weighted by atomic mass is 15.1. The van der Waals surface area contributed by atoms with E-state index in [2.05, 4.69) is 23.0 Å². The van der Waals surface area contributed by atoms with Crippen molar-refractivity contribution in [2.24, 2.45) is 5.41 Å². The number of hydrogen-bond acceptors (Lipinski definition) is 3. The molecule has 3 rings (SSSR count). The number of hydrogen-bond donors (Lipinski definition) is 1. The van der Waals surface area contributed by atoms with Crippen molar-refractivity contribution >= 4 is 5.82 Å². The molecule has 0 amide bonds. The molecular weight excluding hydrogens is 198 g/mol. The Morgan fingerprint density at radius 2 is 2.00 bits per heavy atom. The van der Waals surface area contributed by atoms with Gasteiger partial charge in [0, 0.05) is 5.69 Å². The topological polar surface area (TPSA) is 42.1 Å². The van der Waals surface area contributed by atoms with Crippen molar-refractivity contribution < 1.29 is 0 Å². The minimum atomic E-state index is 0.496. The summed E-state index contributed by atoms with van der Waals surface area (Å²) < 4.78 is 0. The van der Waals surface area contributed by atoms with Crippen LogP contribution in [-0.4, -0.2) is 30.0 Å². The van der Waals surface area contributed by atoms with Gasteiger partial charge in [-0.05, 0) is 62.9 Å². The first-order chi connectivity index (χ1) is 7.67. The van der Waals surface area contributed by atoms with Crippen LogP contribution in [0, 0.1) is 5.41 Å². The van der Waals surface area contributed by atoms with E-state index < -0.39 is 0 Å². The molecule has 2 heterocycles. The predicted octanol–water partition coefficient (Wildman–Crippen LogP) is 1.47. The normalized spacial score (nSPS) is 23.6. The standard InChI is InChI=1S/C13H19N3/c1-16-6-4-13(5-7-16)8-10-2-3-12(14)15-11(10)9-13/h2-3H,4-9H2,1H3,(H2,14,15). The summed E-state index contributed by atoms with van der Waals surface area (Å²) in [6, 6.07) is 4.11. The maximum atomic E-state index is 5.75.